The molecule has 3 aromatic rings. The van der Waals surface area contributed by atoms with Crippen molar-refractivity contribution in [1.29, 1.82) is 0 Å². The van der Waals surface area contributed by atoms with Crippen LogP contribution in [0.25, 0.3) is 0 Å². The molecule has 1 heterocycles. The van der Waals surface area contributed by atoms with Gasteiger partial charge in [0.05, 0.1) is 6.04 Å². The van der Waals surface area contributed by atoms with Crippen LogP contribution < -0.4 is 10.1 Å². The molecule has 0 amide bonds. The zero-order valence-corrected chi connectivity index (χ0v) is 18.1. The van der Waals surface area contributed by atoms with Crippen molar-refractivity contribution in [2.75, 3.05) is 26.2 Å². The van der Waals surface area contributed by atoms with Gasteiger partial charge in [0, 0.05) is 29.7 Å². The lowest BCUT2D eigenvalue weighted by Gasteiger charge is -2.33. The average molecular weight is 451 g/mol. The number of ether oxygens (including phenoxy) is 1. The van der Waals surface area contributed by atoms with Crippen LogP contribution in [0, 0.1) is 0 Å². The summed E-state index contributed by atoms with van der Waals surface area (Å²) < 4.78 is 7.47. The van der Waals surface area contributed by atoms with E-state index in [1.165, 1.54) is 16.7 Å². The largest absolute Gasteiger partial charge is 0.489 e. The molecule has 150 valence electrons. The monoisotopic (exact) mass is 450 g/mol. The fourth-order valence-electron chi connectivity index (χ4n) is 3.96. The zero-order chi connectivity index (χ0) is 19.9. The van der Waals surface area contributed by atoms with Gasteiger partial charge in [0.2, 0.25) is 0 Å². The highest BCUT2D eigenvalue weighted by Gasteiger charge is 2.27. The molecule has 4 heteroatoms. The number of benzene rings is 3. The lowest BCUT2D eigenvalue weighted by molar-refractivity contribution is 0.229. The molecule has 0 aliphatic carbocycles. The molecule has 0 saturated carbocycles. The zero-order valence-electron chi connectivity index (χ0n) is 16.6. The average Bonchev–Trinajstić information content (AvgIpc) is 3.05. The van der Waals surface area contributed by atoms with Gasteiger partial charge in [-0.2, -0.15) is 0 Å². The van der Waals surface area contributed by atoms with Gasteiger partial charge in [0.25, 0.3) is 0 Å². The second kappa shape index (κ2) is 10.1. The lowest BCUT2D eigenvalue weighted by atomic mass is 9.96. The minimum absolute atomic E-state index is 0.150. The van der Waals surface area contributed by atoms with Gasteiger partial charge in [-0.1, -0.05) is 82.7 Å². The Morgan fingerprint density at radius 3 is 2.38 bits per heavy atom. The predicted octanol–water partition coefficient (Wildman–Crippen LogP) is 5.41. The van der Waals surface area contributed by atoms with Crippen LogP contribution in [0.4, 0.5) is 0 Å². The molecule has 0 bridgehead atoms. The summed E-state index contributed by atoms with van der Waals surface area (Å²) in [5.41, 5.74) is 3.68. The van der Waals surface area contributed by atoms with Crippen molar-refractivity contribution in [3.8, 4) is 5.75 Å². The molecule has 1 atom stereocenters. The van der Waals surface area contributed by atoms with Crippen LogP contribution in [0.2, 0.25) is 0 Å². The normalized spacial score (nSPS) is 16.2. The Hall–Kier alpha value is -2.14. The maximum Gasteiger partial charge on any atom is 0.124 e. The van der Waals surface area contributed by atoms with E-state index in [4.69, 9.17) is 4.74 Å². The van der Waals surface area contributed by atoms with Crippen molar-refractivity contribution < 1.29 is 4.74 Å². The van der Waals surface area contributed by atoms with Crippen LogP contribution in [0.15, 0.2) is 83.3 Å². The van der Waals surface area contributed by atoms with Gasteiger partial charge in [0.15, 0.2) is 0 Å². The van der Waals surface area contributed by atoms with E-state index in [1.807, 2.05) is 6.07 Å². The minimum atomic E-state index is 0.150. The second-order valence-electron chi connectivity index (χ2n) is 7.38. The van der Waals surface area contributed by atoms with E-state index in [0.29, 0.717) is 6.61 Å². The third-order valence-electron chi connectivity index (χ3n) is 5.39. The molecule has 1 saturated heterocycles. The molecule has 3 nitrogen and oxygen atoms in total. The number of halogens is 1. The van der Waals surface area contributed by atoms with E-state index >= 15 is 0 Å². The van der Waals surface area contributed by atoms with Crippen molar-refractivity contribution >= 4 is 15.9 Å². The van der Waals surface area contributed by atoms with Crippen molar-refractivity contribution in [1.82, 2.24) is 10.2 Å². The molecule has 3 aromatic carbocycles. The molecular formula is C25H27BrN2O. The fraction of sp³-hybridized carbons (Fsp3) is 0.280. The Bertz CT molecular complexity index is 907. The SMILES string of the molecule is Brc1ccccc1C(c1ccccc1OCc1ccccc1)N1CCCNCC1. The van der Waals surface area contributed by atoms with Crippen LogP contribution in [-0.4, -0.2) is 31.1 Å². The van der Waals surface area contributed by atoms with Crippen LogP contribution in [0.5, 0.6) is 5.75 Å². The van der Waals surface area contributed by atoms with Crippen LogP contribution in [0.1, 0.15) is 29.2 Å². The summed E-state index contributed by atoms with van der Waals surface area (Å²) in [5.74, 6) is 0.953. The summed E-state index contributed by atoms with van der Waals surface area (Å²) in [5, 5.41) is 3.53. The summed E-state index contributed by atoms with van der Waals surface area (Å²) >= 11 is 3.80. The molecule has 1 aliphatic heterocycles. The molecule has 0 radical (unpaired) electrons. The molecule has 4 rings (SSSR count). The van der Waals surface area contributed by atoms with Crippen molar-refractivity contribution in [3.05, 3.63) is 100 Å². The maximum atomic E-state index is 6.33. The molecule has 1 unspecified atom stereocenters. The number of nitrogens with zero attached hydrogens (tertiary/aromatic N) is 1. The van der Waals surface area contributed by atoms with Crippen LogP contribution >= 0.6 is 15.9 Å². The summed E-state index contributed by atoms with van der Waals surface area (Å²) in [6, 6.07) is 27.5. The van der Waals surface area contributed by atoms with Gasteiger partial charge in [-0.25, -0.2) is 0 Å². The van der Waals surface area contributed by atoms with E-state index in [0.717, 1.165) is 42.8 Å². The third kappa shape index (κ3) is 5.08. The fourth-order valence-corrected chi connectivity index (χ4v) is 4.46. The first kappa shape index (κ1) is 20.1. The topological polar surface area (TPSA) is 24.5 Å². The molecule has 1 fully saturated rings. The minimum Gasteiger partial charge on any atom is -0.489 e. The summed E-state index contributed by atoms with van der Waals surface area (Å²) in [7, 11) is 0. The smallest absolute Gasteiger partial charge is 0.124 e. The summed E-state index contributed by atoms with van der Waals surface area (Å²) in [6.07, 6.45) is 1.15. The number of hydrogen-bond acceptors (Lipinski definition) is 3. The molecule has 29 heavy (non-hydrogen) atoms. The molecular weight excluding hydrogens is 424 g/mol. The highest BCUT2D eigenvalue weighted by Crippen LogP contribution is 2.38. The van der Waals surface area contributed by atoms with E-state index in [2.05, 4.69) is 98.9 Å². The van der Waals surface area contributed by atoms with Crippen molar-refractivity contribution in [3.63, 3.8) is 0 Å². The van der Waals surface area contributed by atoms with Gasteiger partial charge in [-0.05, 0) is 36.2 Å². The van der Waals surface area contributed by atoms with Crippen LogP contribution in [-0.2, 0) is 6.61 Å². The summed E-state index contributed by atoms with van der Waals surface area (Å²) in [6.45, 7) is 4.73. The van der Waals surface area contributed by atoms with Gasteiger partial charge >= 0.3 is 0 Å². The Labute approximate surface area is 181 Å². The van der Waals surface area contributed by atoms with E-state index in [-0.39, 0.29) is 6.04 Å². The Balaban J connectivity index is 1.69. The van der Waals surface area contributed by atoms with E-state index in [1.54, 1.807) is 0 Å². The maximum absolute atomic E-state index is 6.33. The first-order chi connectivity index (χ1) is 14.3. The standard InChI is InChI=1S/C25H27BrN2O/c26-23-13-6-4-11-21(23)25(28-17-8-15-27-16-18-28)22-12-5-7-14-24(22)29-19-20-9-2-1-3-10-20/h1-7,9-14,25,27H,8,15-19H2. The first-order valence-electron chi connectivity index (χ1n) is 10.3. The number of para-hydroxylation sites is 1. The van der Waals surface area contributed by atoms with Gasteiger partial charge in [-0.3, -0.25) is 4.90 Å². The second-order valence-corrected chi connectivity index (χ2v) is 8.23. The van der Waals surface area contributed by atoms with E-state index < -0.39 is 0 Å². The van der Waals surface area contributed by atoms with Gasteiger partial charge in [0.1, 0.15) is 12.4 Å². The highest BCUT2D eigenvalue weighted by molar-refractivity contribution is 9.10. The molecule has 1 N–H and O–H groups in total. The van der Waals surface area contributed by atoms with Crippen molar-refractivity contribution in [2.45, 2.75) is 19.1 Å². The number of hydrogen-bond donors (Lipinski definition) is 1. The Morgan fingerprint density at radius 1 is 0.828 bits per heavy atom. The first-order valence-corrected chi connectivity index (χ1v) is 11.1. The number of rotatable bonds is 6. The molecule has 0 aromatic heterocycles. The van der Waals surface area contributed by atoms with Gasteiger partial charge < -0.3 is 10.1 Å². The number of nitrogens with one attached hydrogen (secondary N) is 1. The lowest BCUT2D eigenvalue weighted by Crippen LogP contribution is -2.33. The predicted molar refractivity (Wildman–Crippen MR) is 122 cm³/mol. The highest BCUT2D eigenvalue weighted by atomic mass is 79.9. The Kier molecular flexibility index (Phi) is 6.99. The van der Waals surface area contributed by atoms with E-state index in [9.17, 15) is 0 Å². The quantitative estimate of drug-likeness (QED) is 0.542. The summed E-state index contributed by atoms with van der Waals surface area (Å²) in [4.78, 5) is 2.57. The Morgan fingerprint density at radius 2 is 1.55 bits per heavy atom. The third-order valence-corrected chi connectivity index (χ3v) is 6.11. The van der Waals surface area contributed by atoms with Gasteiger partial charge in [-0.15, -0.1) is 0 Å². The molecule has 0 spiro atoms. The van der Waals surface area contributed by atoms with Crippen molar-refractivity contribution in [2.24, 2.45) is 0 Å². The molecule has 1 aliphatic rings. The van der Waals surface area contributed by atoms with Crippen LogP contribution in [0.3, 0.4) is 0 Å².